The smallest absolute Gasteiger partial charge is 0.251 e. The highest BCUT2D eigenvalue weighted by Crippen LogP contribution is 2.30. The molecule has 0 spiro atoms. The molecule has 0 radical (unpaired) electrons. The zero-order valence-corrected chi connectivity index (χ0v) is 15.7. The summed E-state index contributed by atoms with van der Waals surface area (Å²) in [7, 11) is 0. The first-order valence-corrected chi connectivity index (χ1v) is 10.2. The van der Waals surface area contributed by atoms with Crippen molar-refractivity contribution in [3.05, 3.63) is 70.4 Å². The van der Waals surface area contributed by atoms with Crippen LogP contribution in [0, 0.1) is 0 Å². The molecule has 1 aromatic heterocycles. The number of carbonyl (C=O) groups excluding carboxylic acids is 1. The summed E-state index contributed by atoms with van der Waals surface area (Å²) in [6, 6.07) is 18.4. The number of rotatable bonds is 5. The second-order valence-corrected chi connectivity index (χ2v) is 7.93. The highest BCUT2D eigenvalue weighted by Gasteiger charge is 2.20. The van der Waals surface area contributed by atoms with Gasteiger partial charge < -0.3 is 10.2 Å². The third kappa shape index (κ3) is 3.97. The fourth-order valence-electron chi connectivity index (χ4n) is 3.72. The third-order valence-corrected chi connectivity index (χ3v) is 6.29. The van der Waals surface area contributed by atoms with Crippen molar-refractivity contribution in [2.45, 2.75) is 18.8 Å². The number of thiophene rings is 1. The first-order valence-electron chi connectivity index (χ1n) is 9.32. The Balaban J connectivity index is 1.25. The van der Waals surface area contributed by atoms with E-state index in [9.17, 15) is 4.79 Å². The zero-order chi connectivity index (χ0) is 17.8. The molecule has 1 aliphatic heterocycles. The summed E-state index contributed by atoms with van der Waals surface area (Å²) in [5.74, 6) is 0.739. The summed E-state index contributed by atoms with van der Waals surface area (Å²) in [4.78, 5) is 16.4. The summed E-state index contributed by atoms with van der Waals surface area (Å²) in [6.45, 7) is 3.87. The van der Waals surface area contributed by atoms with E-state index in [2.05, 4.69) is 33.8 Å². The van der Waals surface area contributed by atoms with Crippen molar-refractivity contribution in [2.24, 2.45) is 0 Å². The van der Waals surface area contributed by atoms with Crippen LogP contribution in [0.3, 0.4) is 0 Å². The van der Waals surface area contributed by atoms with E-state index in [1.165, 1.54) is 17.7 Å². The molecule has 1 aliphatic rings. The highest BCUT2D eigenvalue weighted by atomic mass is 32.1. The van der Waals surface area contributed by atoms with Crippen LogP contribution in [-0.2, 0) is 0 Å². The lowest BCUT2D eigenvalue weighted by Gasteiger charge is -2.31. The van der Waals surface area contributed by atoms with Crippen molar-refractivity contribution in [3.8, 4) is 0 Å². The number of fused-ring (bicyclic) bond motifs is 1. The number of hydrogen-bond acceptors (Lipinski definition) is 3. The molecule has 1 fully saturated rings. The van der Waals surface area contributed by atoms with Crippen molar-refractivity contribution in [2.75, 3.05) is 26.2 Å². The van der Waals surface area contributed by atoms with E-state index in [1.807, 2.05) is 47.7 Å². The molecule has 1 N–H and O–H groups in total. The van der Waals surface area contributed by atoms with Gasteiger partial charge in [0.25, 0.3) is 5.91 Å². The second-order valence-electron chi connectivity index (χ2n) is 6.95. The fourth-order valence-corrected chi connectivity index (χ4v) is 4.62. The van der Waals surface area contributed by atoms with E-state index in [1.54, 1.807) is 0 Å². The van der Waals surface area contributed by atoms with Gasteiger partial charge in [-0.1, -0.05) is 36.4 Å². The lowest BCUT2D eigenvalue weighted by atomic mass is 9.95. The first-order chi connectivity index (χ1) is 12.8. The number of amides is 1. The largest absolute Gasteiger partial charge is 0.351 e. The van der Waals surface area contributed by atoms with Crippen molar-refractivity contribution in [1.82, 2.24) is 10.2 Å². The Morgan fingerprint density at radius 2 is 1.85 bits per heavy atom. The van der Waals surface area contributed by atoms with E-state index in [0.717, 1.165) is 41.9 Å². The van der Waals surface area contributed by atoms with Gasteiger partial charge >= 0.3 is 0 Å². The standard InChI is InChI=1S/C22H24N2OS/c25-22(20-8-7-17-4-1-2-5-19(17)16-20)23-11-14-24-12-9-18(10-13-24)21-6-3-15-26-21/h1-8,15-16,18H,9-14H2,(H,23,25). The summed E-state index contributed by atoms with van der Waals surface area (Å²) in [5.41, 5.74) is 0.736. The molecule has 4 heteroatoms. The van der Waals surface area contributed by atoms with Gasteiger partial charge in [0, 0.05) is 23.5 Å². The van der Waals surface area contributed by atoms with Crippen LogP contribution in [0.5, 0.6) is 0 Å². The summed E-state index contributed by atoms with van der Waals surface area (Å²) in [6.07, 6.45) is 2.44. The molecule has 26 heavy (non-hydrogen) atoms. The Hall–Kier alpha value is -2.17. The van der Waals surface area contributed by atoms with E-state index in [0.29, 0.717) is 6.54 Å². The predicted molar refractivity (Wildman–Crippen MR) is 109 cm³/mol. The molecule has 0 aliphatic carbocycles. The van der Waals surface area contributed by atoms with Crippen LogP contribution in [-0.4, -0.2) is 37.0 Å². The first kappa shape index (κ1) is 17.3. The van der Waals surface area contributed by atoms with E-state index >= 15 is 0 Å². The molecular formula is C22H24N2OS. The summed E-state index contributed by atoms with van der Waals surface area (Å²) in [5, 5.41) is 7.51. The summed E-state index contributed by atoms with van der Waals surface area (Å²) >= 11 is 1.88. The van der Waals surface area contributed by atoms with Gasteiger partial charge in [0.05, 0.1) is 0 Å². The molecule has 4 rings (SSSR count). The minimum Gasteiger partial charge on any atom is -0.351 e. The van der Waals surface area contributed by atoms with Gasteiger partial charge in [-0.3, -0.25) is 4.79 Å². The number of hydrogen-bond donors (Lipinski definition) is 1. The van der Waals surface area contributed by atoms with Gasteiger partial charge in [-0.25, -0.2) is 0 Å². The molecule has 1 amide bonds. The maximum Gasteiger partial charge on any atom is 0.251 e. The number of nitrogens with zero attached hydrogens (tertiary/aromatic N) is 1. The Morgan fingerprint density at radius 1 is 1.04 bits per heavy atom. The number of likely N-dealkylation sites (tertiary alicyclic amines) is 1. The number of carbonyl (C=O) groups is 1. The minimum absolute atomic E-state index is 0.0178. The Bertz CT molecular complexity index is 867. The van der Waals surface area contributed by atoms with Gasteiger partial charge in [-0.15, -0.1) is 11.3 Å². The Kier molecular flexibility index (Phi) is 5.32. The monoisotopic (exact) mass is 364 g/mol. The van der Waals surface area contributed by atoms with Crippen LogP contribution < -0.4 is 5.32 Å². The maximum absolute atomic E-state index is 12.4. The van der Waals surface area contributed by atoms with E-state index in [4.69, 9.17) is 0 Å². The topological polar surface area (TPSA) is 32.3 Å². The zero-order valence-electron chi connectivity index (χ0n) is 14.9. The maximum atomic E-state index is 12.4. The van der Waals surface area contributed by atoms with Crippen molar-refractivity contribution >= 4 is 28.0 Å². The molecule has 3 aromatic rings. The van der Waals surface area contributed by atoms with Gasteiger partial charge in [-0.2, -0.15) is 0 Å². The number of nitrogens with one attached hydrogen (secondary N) is 1. The summed E-state index contributed by atoms with van der Waals surface area (Å²) < 4.78 is 0. The molecule has 3 nitrogen and oxygen atoms in total. The van der Waals surface area contributed by atoms with Gasteiger partial charge in [-0.05, 0) is 66.2 Å². The van der Waals surface area contributed by atoms with Crippen LogP contribution in [0.4, 0.5) is 0 Å². The van der Waals surface area contributed by atoms with Gasteiger partial charge in [0.15, 0.2) is 0 Å². The number of benzene rings is 2. The van der Waals surface area contributed by atoms with Crippen LogP contribution in [0.15, 0.2) is 60.0 Å². The van der Waals surface area contributed by atoms with Gasteiger partial charge in [0.1, 0.15) is 0 Å². The second kappa shape index (κ2) is 8.02. The average Bonchev–Trinajstić information content (AvgIpc) is 3.23. The Labute approximate surface area is 158 Å². The minimum atomic E-state index is 0.0178. The van der Waals surface area contributed by atoms with Crippen molar-refractivity contribution < 1.29 is 4.79 Å². The van der Waals surface area contributed by atoms with Crippen LogP contribution in [0.2, 0.25) is 0 Å². The lowest BCUT2D eigenvalue weighted by molar-refractivity contribution is 0.0946. The lowest BCUT2D eigenvalue weighted by Crippen LogP contribution is -2.39. The van der Waals surface area contributed by atoms with Crippen LogP contribution in [0.1, 0.15) is 34.0 Å². The molecule has 0 atom stereocenters. The highest BCUT2D eigenvalue weighted by molar-refractivity contribution is 7.10. The number of piperidine rings is 1. The van der Waals surface area contributed by atoms with Gasteiger partial charge in [0.2, 0.25) is 0 Å². The van der Waals surface area contributed by atoms with Crippen molar-refractivity contribution in [1.29, 1.82) is 0 Å². The van der Waals surface area contributed by atoms with Crippen LogP contribution in [0.25, 0.3) is 10.8 Å². The molecular weight excluding hydrogens is 340 g/mol. The molecule has 134 valence electrons. The quantitative estimate of drug-likeness (QED) is 0.722. The molecule has 0 saturated carbocycles. The normalized spacial score (nSPS) is 16.0. The average molecular weight is 365 g/mol. The van der Waals surface area contributed by atoms with E-state index in [-0.39, 0.29) is 5.91 Å². The van der Waals surface area contributed by atoms with E-state index < -0.39 is 0 Å². The van der Waals surface area contributed by atoms with Crippen LogP contribution >= 0.6 is 11.3 Å². The fraction of sp³-hybridized carbons (Fsp3) is 0.318. The molecule has 0 unspecified atom stereocenters. The van der Waals surface area contributed by atoms with Crippen molar-refractivity contribution in [3.63, 3.8) is 0 Å². The predicted octanol–water partition coefficient (Wildman–Crippen LogP) is 4.51. The molecule has 0 bridgehead atoms. The Morgan fingerprint density at radius 3 is 2.62 bits per heavy atom. The SMILES string of the molecule is O=C(NCCN1CCC(c2cccs2)CC1)c1ccc2ccccc2c1. The molecule has 2 heterocycles. The third-order valence-electron chi connectivity index (χ3n) is 5.26. The molecule has 1 saturated heterocycles. The molecule has 2 aromatic carbocycles.